The molecule has 19 heavy (non-hydrogen) atoms. The number of hydrogen-bond donors (Lipinski definition) is 1. The van der Waals surface area contributed by atoms with E-state index in [0.29, 0.717) is 10.9 Å². The summed E-state index contributed by atoms with van der Waals surface area (Å²) in [4.78, 5) is 2.27. The maximum Gasteiger partial charge on any atom is 0.126 e. The van der Waals surface area contributed by atoms with E-state index in [9.17, 15) is 5.11 Å². The minimum absolute atomic E-state index is 0.355. The lowest BCUT2D eigenvalue weighted by molar-refractivity contribution is 0.0215. The molecule has 3 fully saturated rings. The highest BCUT2D eigenvalue weighted by Crippen LogP contribution is 2.37. The molecule has 0 radical (unpaired) electrons. The predicted molar refractivity (Wildman–Crippen MR) is 76.3 cm³/mol. The quantitative estimate of drug-likeness (QED) is 0.904. The Hall–Kier alpha value is -1.19. The lowest BCUT2D eigenvalue weighted by Gasteiger charge is -2.46. The minimum atomic E-state index is -0.355. The van der Waals surface area contributed by atoms with Gasteiger partial charge in [0.1, 0.15) is 5.75 Å². The molecule has 4 heteroatoms. The normalized spacial score (nSPS) is 27.9. The number of ether oxygens (including phenoxy) is 1. The molecule has 102 valence electrons. The molecule has 0 aromatic heterocycles. The van der Waals surface area contributed by atoms with E-state index in [4.69, 9.17) is 16.3 Å². The molecule has 3 heterocycles. The van der Waals surface area contributed by atoms with E-state index in [-0.39, 0.29) is 6.10 Å². The topological polar surface area (TPSA) is 32.7 Å². The fraction of sp³-hybridized carbons (Fsp3) is 0.467. The molecule has 0 amide bonds. The van der Waals surface area contributed by atoms with Crippen molar-refractivity contribution in [2.24, 2.45) is 5.92 Å². The van der Waals surface area contributed by atoms with Gasteiger partial charge in [0.15, 0.2) is 0 Å². The second-order valence-corrected chi connectivity index (χ2v) is 5.66. The summed E-state index contributed by atoms with van der Waals surface area (Å²) < 4.78 is 5.35. The second-order valence-electron chi connectivity index (χ2n) is 5.22. The van der Waals surface area contributed by atoms with Crippen LogP contribution in [-0.4, -0.2) is 36.3 Å². The van der Waals surface area contributed by atoms with Gasteiger partial charge < -0.3 is 14.7 Å². The van der Waals surface area contributed by atoms with Crippen molar-refractivity contribution in [2.45, 2.75) is 18.9 Å². The first-order chi connectivity index (χ1) is 9.19. The van der Waals surface area contributed by atoms with E-state index in [1.54, 1.807) is 7.11 Å². The maximum atomic E-state index is 10.4. The molecule has 1 aromatic carbocycles. The van der Waals surface area contributed by atoms with Crippen LogP contribution in [0.1, 0.15) is 18.4 Å². The highest BCUT2D eigenvalue weighted by atomic mass is 35.5. The van der Waals surface area contributed by atoms with Gasteiger partial charge in [-0.3, -0.25) is 0 Å². The number of rotatable bonds is 2. The number of fused-ring (bicyclic) bond motifs is 3. The third-order valence-corrected chi connectivity index (χ3v) is 4.38. The molecule has 1 aromatic rings. The highest BCUT2D eigenvalue weighted by molar-refractivity contribution is 6.30. The average molecular weight is 280 g/mol. The van der Waals surface area contributed by atoms with Crippen LogP contribution >= 0.6 is 11.6 Å². The van der Waals surface area contributed by atoms with Crippen LogP contribution < -0.4 is 4.74 Å². The Morgan fingerprint density at radius 3 is 2.74 bits per heavy atom. The van der Waals surface area contributed by atoms with Crippen LogP contribution in [-0.2, 0) is 0 Å². The summed E-state index contributed by atoms with van der Waals surface area (Å²) in [6.45, 7) is 2.08. The molecule has 1 atom stereocenters. The Morgan fingerprint density at radius 2 is 2.11 bits per heavy atom. The van der Waals surface area contributed by atoms with Crippen molar-refractivity contribution in [3.63, 3.8) is 0 Å². The first kappa shape index (κ1) is 12.8. The Balaban J connectivity index is 1.99. The molecule has 1 unspecified atom stereocenters. The van der Waals surface area contributed by atoms with E-state index < -0.39 is 0 Å². The smallest absolute Gasteiger partial charge is 0.126 e. The number of aliphatic hydroxyl groups is 1. The van der Waals surface area contributed by atoms with Gasteiger partial charge in [0.25, 0.3) is 0 Å². The van der Waals surface area contributed by atoms with E-state index in [1.165, 1.54) is 0 Å². The molecule has 3 aliphatic heterocycles. The van der Waals surface area contributed by atoms with E-state index in [1.807, 2.05) is 24.3 Å². The SMILES string of the molecule is COc1ccc(Cl)cc1C=C1C(O)C2CCN1CC2. The largest absolute Gasteiger partial charge is 0.496 e. The summed E-state index contributed by atoms with van der Waals surface area (Å²) in [6, 6.07) is 5.55. The molecule has 3 saturated heterocycles. The number of piperidine rings is 3. The van der Waals surface area contributed by atoms with Crippen LogP contribution in [0.2, 0.25) is 5.02 Å². The molecule has 4 rings (SSSR count). The van der Waals surface area contributed by atoms with Gasteiger partial charge >= 0.3 is 0 Å². The predicted octanol–water partition coefficient (Wildman–Crippen LogP) is 2.78. The average Bonchev–Trinajstić information content (AvgIpc) is 2.43. The van der Waals surface area contributed by atoms with Crippen LogP contribution in [0.3, 0.4) is 0 Å². The summed E-state index contributed by atoms with van der Waals surface area (Å²) in [5.74, 6) is 1.19. The fourth-order valence-corrected chi connectivity index (χ4v) is 3.24. The summed E-state index contributed by atoms with van der Waals surface area (Å²) in [7, 11) is 1.65. The third-order valence-electron chi connectivity index (χ3n) is 4.15. The number of nitrogens with zero attached hydrogens (tertiary/aromatic N) is 1. The third kappa shape index (κ3) is 2.33. The molecular weight excluding hydrogens is 262 g/mol. The van der Waals surface area contributed by atoms with Gasteiger partial charge in [0.2, 0.25) is 0 Å². The van der Waals surface area contributed by atoms with Gasteiger partial charge in [-0.2, -0.15) is 0 Å². The fourth-order valence-electron chi connectivity index (χ4n) is 3.06. The molecular formula is C15H18ClNO2. The lowest BCUT2D eigenvalue weighted by atomic mass is 9.83. The van der Waals surface area contributed by atoms with Crippen LogP contribution in [0.25, 0.3) is 6.08 Å². The Labute approximate surface area is 118 Å². The summed E-state index contributed by atoms with van der Waals surface area (Å²) in [6.07, 6.45) is 3.84. The van der Waals surface area contributed by atoms with Crippen LogP contribution in [0.15, 0.2) is 23.9 Å². The van der Waals surface area contributed by atoms with Gasteiger partial charge in [-0.1, -0.05) is 11.6 Å². The summed E-state index contributed by atoms with van der Waals surface area (Å²) >= 11 is 6.05. The van der Waals surface area contributed by atoms with Crippen molar-refractivity contribution in [1.29, 1.82) is 0 Å². The molecule has 0 aliphatic carbocycles. The molecule has 0 spiro atoms. The second kappa shape index (κ2) is 5.06. The number of hydrogen-bond acceptors (Lipinski definition) is 3. The zero-order chi connectivity index (χ0) is 13.4. The van der Waals surface area contributed by atoms with Gasteiger partial charge in [-0.25, -0.2) is 0 Å². The van der Waals surface area contributed by atoms with E-state index in [0.717, 1.165) is 42.9 Å². The molecule has 3 nitrogen and oxygen atoms in total. The van der Waals surface area contributed by atoms with Gasteiger partial charge in [0, 0.05) is 29.4 Å². The number of methoxy groups -OCH3 is 1. The van der Waals surface area contributed by atoms with Crippen LogP contribution in [0.4, 0.5) is 0 Å². The van der Waals surface area contributed by atoms with Gasteiger partial charge in [-0.15, -0.1) is 0 Å². The Bertz CT molecular complexity index is 503. The zero-order valence-corrected chi connectivity index (χ0v) is 11.7. The molecule has 3 aliphatic rings. The zero-order valence-electron chi connectivity index (χ0n) is 11.0. The molecule has 2 bridgehead atoms. The lowest BCUT2D eigenvalue weighted by Crippen LogP contribution is -2.48. The monoisotopic (exact) mass is 279 g/mol. The minimum Gasteiger partial charge on any atom is -0.496 e. The van der Waals surface area contributed by atoms with Crippen LogP contribution in [0, 0.1) is 5.92 Å². The first-order valence-electron chi connectivity index (χ1n) is 6.67. The summed E-state index contributed by atoms with van der Waals surface area (Å²) in [5.41, 5.74) is 1.93. The van der Waals surface area contributed by atoms with Crippen molar-refractivity contribution in [3.05, 3.63) is 34.5 Å². The van der Waals surface area contributed by atoms with Crippen molar-refractivity contribution in [1.82, 2.24) is 4.90 Å². The summed E-state index contributed by atoms with van der Waals surface area (Å²) in [5, 5.41) is 11.0. The number of benzene rings is 1. The standard InChI is InChI=1S/C15H18ClNO2/c1-19-14-3-2-12(16)8-11(14)9-13-15(18)10-4-6-17(13)7-5-10/h2-3,8-10,15,18H,4-7H2,1H3. The van der Waals surface area contributed by atoms with Gasteiger partial charge in [0.05, 0.1) is 13.2 Å². The number of aliphatic hydroxyl groups excluding tert-OH is 1. The molecule has 1 N–H and O–H groups in total. The highest BCUT2D eigenvalue weighted by Gasteiger charge is 2.36. The van der Waals surface area contributed by atoms with Crippen molar-refractivity contribution < 1.29 is 9.84 Å². The number of halogens is 1. The van der Waals surface area contributed by atoms with E-state index in [2.05, 4.69) is 4.90 Å². The Morgan fingerprint density at radius 1 is 1.37 bits per heavy atom. The van der Waals surface area contributed by atoms with E-state index >= 15 is 0 Å². The first-order valence-corrected chi connectivity index (χ1v) is 7.05. The van der Waals surface area contributed by atoms with Crippen molar-refractivity contribution in [3.8, 4) is 5.75 Å². The maximum absolute atomic E-state index is 10.4. The van der Waals surface area contributed by atoms with Crippen molar-refractivity contribution in [2.75, 3.05) is 20.2 Å². The van der Waals surface area contributed by atoms with Crippen LogP contribution in [0.5, 0.6) is 5.75 Å². The Kier molecular flexibility index (Phi) is 3.42. The van der Waals surface area contributed by atoms with Gasteiger partial charge in [-0.05, 0) is 43.0 Å². The molecule has 0 saturated carbocycles. The van der Waals surface area contributed by atoms with Crippen molar-refractivity contribution >= 4 is 17.7 Å².